The Bertz CT molecular complexity index is 687. The van der Waals surface area contributed by atoms with E-state index in [0.717, 1.165) is 6.07 Å². The Kier molecular flexibility index (Phi) is 4.05. The molecule has 1 heterocycles. The van der Waals surface area contributed by atoms with Gasteiger partial charge in [-0.1, -0.05) is 0 Å². The Balaban J connectivity index is 2.57. The smallest absolute Gasteiger partial charge is 0.271 e. The van der Waals surface area contributed by atoms with E-state index in [1.165, 1.54) is 10.4 Å². The second-order valence-corrected chi connectivity index (χ2v) is 7.31. The quantitative estimate of drug-likeness (QED) is 0.669. The summed E-state index contributed by atoms with van der Waals surface area (Å²) in [5.74, 6) is 0. The van der Waals surface area contributed by atoms with Crippen molar-refractivity contribution in [3.8, 4) is 0 Å². The fraction of sp³-hybridized carbons (Fsp3) is 0.538. The molecule has 7 nitrogen and oxygen atoms in total. The summed E-state index contributed by atoms with van der Waals surface area (Å²) in [6, 6.07) is 2.00. The Labute approximate surface area is 123 Å². The monoisotopic (exact) mass is 313 g/mol. The van der Waals surface area contributed by atoms with Crippen LogP contribution in [0.2, 0.25) is 0 Å². The number of hydrogen-bond acceptors (Lipinski definition) is 5. The minimum absolute atomic E-state index is 0.00449. The Morgan fingerprint density at radius 3 is 2.48 bits per heavy atom. The minimum Gasteiger partial charge on any atom is -0.326 e. The summed E-state index contributed by atoms with van der Waals surface area (Å²) in [5.41, 5.74) is 6.78. The summed E-state index contributed by atoms with van der Waals surface area (Å²) in [4.78, 5) is 10.4. The van der Waals surface area contributed by atoms with E-state index in [2.05, 4.69) is 0 Å². The first kappa shape index (κ1) is 15.9. The SMILES string of the molecule is Cc1cc([N+](=O)[O-])cc(S(=O)(=O)N2CCC(N)C2C)c1C. The third kappa shape index (κ3) is 2.66. The van der Waals surface area contributed by atoms with Crippen molar-refractivity contribution in [3.63, 3.8) is 0 Å². The molecule has 116 valence electrons. The number of nitrogens with two attached hydrogens (primary N) is 1. The van der Waals surface area contributed by atoms with Crippen molar-refractivity contribution < 1.29 is 13.3 Å². The fourth-order valence-corrected chi connectivity index (χ4v) is 4.59. The van der Waals surface area contributed by atoms with Crippen molar-refractivity contribution in [2.24, 2.45) is 5.73 Å². The second-order valence-electron chi connectivity index (χ2n) is 5.45. The van der Waals surface area contributed by atoms with E-state index >= 15 is 0 Å². The molecule has 1 aromatic carbocycles. The van der Waals surface area contributed by atoms with Crippen molar-refractivity contribution >= 4 is 15.7 Å². The second kappa shape index (κ2) is 5.36. The molecular formula is C13H19N3O4S. The molecule has 1 aliphatic heterocycles. The number of aryl methyl sites for hydroxylation is 1. The number of benzene rings is 1. The molecule has 1 saturated heterocycles. The van der Waals surface area contributed by atoms with Gasteiger partial charge in [-0.25, -0.2) is 8.42 Å². The molecule has 2 N–H and O–H groups in total. The standard InChI is InChI=1S/C13H19N3O4S/c1-8-6-11(16(17)18)7-13(9(8)2)21(19,20)15-5-4-12(14)10(15)3/h6-7,10,12H,4-5,14H2,1-3H3. The van der Waals surface area contributed by atoms with E-state index < -0.39 is 14.9 Å². The highest BCUT2D eigenvalue weighted by molar-refractivity contribution is 7.89. The zero-order valence-corrected chi connectivity index (χ0v) is 13.1. The molecule has 21 heavy (non-hydrogen) atoms. The van der Waals surface area contributed by atoms with Crippen molar-refractivity contribution in [2.75, 3.05) is 6.54 Å². The molecule has 0 radical (unpaired) electrons. The Hall–Kier alpha value is -1.51. The summed E-state index contributed by atoms with van der Waals surface area (Å²) in [6.07, 6.45) is 0.591. The van der Waals surface area contributed by atoms with Crippen LogP contribution in [0.5, 0.6) is 0 Å². The lowest BCUT2D eigenvalue weighted by Gasteiger charge is -2.23. The highest BCUT2D eigenvalue weighted by Crippen LogP contribution is 2.31. The summed E-state index contributed by atoms with van der Waals surface area (Å²) in [5, 5.41) is 11.0. The topological polar surface area (TPSA) is 107 Å². The van der Waals surface area contributed by atoms with Crippen molar-refractivity contribution in [1.29, 1.82) is 0 Å². The van der Waals surface area contributed by atoms with E-state index in [-0.39, 0.29) is 22.7 Å². The molecule has 0 saturated carbocycles. The van der Waals surface area contributed by atoms with Gasteiger partial charge in [-0.3, -0.25) is 10.1 Å². The van der Waals surface area contributed by atoms with Crippen LogP contribution in [0.3, 0.4) is 0 Å². The first-order valence-corrected chi connectivity index (χ1v) is 8.13. The number of nitro benzene ring substituents is 1. The largest absolute Gasteiger partial charge is 0.326 e. The number of rotatable bonds is 3. The normalized spacial score (nSPS) is 23.4. The molecule has 2 unspecified atom stereocenters. The molecule has 0 spiro atoms. The zero-order valence-electron chi connectivity index (χ0n) is 12.2. The molecular weight excluding hydrogens is 294 g/mol. The predicted molar refractivity (Wildman–Crippen MR) is 78.5 cm³/mol. The summed E-state index contributed by atoms with van der Waals surface area (Å²) in [7, 11) is -3.78. The average molecular weight is 313 g/mol. The molecule has 0 bridgehead atoms. The van der Waals surface area contributed by atoms with Gasteiger partial charge >= 0.3 is 0 Å². The van der Waals surface area contributed by atoms with Crippen LogP contribution in [-0.2, 0) is 10.0 Å². The maximum atomic E-state index is 12.8. The average Bonchev–Trinajstić information content (AvgIpc) is 2.73. The Morgan fingerprint density at radius 2 is 2.00 bits per heavy atom. The number of hydrogen-bond donors (Lipinski definition) is 1. The van der Waals surface area contributed by atoms with Gasteiger partial charge in [0, 0.05) is 30.8 Å². The van der Waals surface area contributed by atoms with E-state index in [9.17, 15) is 18.5 Å². The lowest BCUT2D eigenvalue weighted by molar-refractivity contribution is -0.385. The van der Waals surface area contributed by atoms with Crippen LogP contribution in [-0.4, -0.2) is 36.3 Å². The molecule has 0 amide bonds. The first-order chi connectivity index (χ1) is 9.66. The van der Waals surface area contributed by atoms with Crippen LogP contribution >= 0.6 is 0 Å². The number of sulfonamides is 1. The van der Waals surface area contributed by atoms with Gasteiger partial charge in [0.15, 0.2) is 0 Å². The van der Waals surface area contributed by atoms with Crippen molar-refractivity contribution in [2.45, 2.75) is 44.2 Å². The van der Waals surface area contributed by atoms with Gasteiger partial charge in [0.1, 0.15) is 0 Å². The van der Waals surface area contributed by atoms with Gasteiger partial charge in [-0.2, -0.15) is 4.31 Å². The highest BCUT2D eigenvalue weighted by atomic mass is 32.2. The van der Waals surface area contributed by atoms with Crippen molar-refractivity contribution in [1.82, 2.24) is 4.31 Å². The van der Waals surface area contributed by atoms with Crippen LogP contribution in [0, 0.1) is 24.0 Å². The molecule has 1 aromatic rings. The van der Waals surface area contributed by atoms with E-state index in [1.54, 1.807) is 20.8 Å². The van der Waals surface area contributed by atoms with Crippen LogP contribution < -0.4 is 5.73 Å². The summed E-state index contributed by atoms with van der Waals surface area (Å²) in [6.45, 7) is 5.42. The predicted octanol–water partition coefficient (Wildman–Crippen LogP) is 1.32. The van der Waals surface area contributed by atoms with Crippen LogP contribution in [0.25, 0.3) is 0 Å². The van der Waals surface area contributed by atoms with Crippen LogP contribution in [0.1, 0.15) is 24.5 Å². The van der Waals surface area contributed by atoms with Gasteiger partial charge in [0.2, 0.25) is 10.0 Å². The maximum Gasteiger partial charge on any atom is 0.271 e. The van der Waals surface area contributed by atoms with E-state index in [0.29, 0.717) is 24.1 Å². The first-order valence-electron chi connectivity index (χ1n) is 6.69. The van der Waals surface area contributed by atoms with Gasteiger partial charge in [-0.15, -0.1) is 0 Å². The maximum absolute atomic E-state index is 12.8. The summed E-state index contributed by atoms with van der Waals surface area (Å²) < 4.78 is 26.9. The van der Waals surface area contributed by atoms with Crippen molar-refractivity contribution in [3.05, 3.63) is 33.4 Å². The lowest BCUT2D eigenvalue weighted by Crippen LogP contribution is -2.40. The molecule has 8 heteroatoms. The lowest BCUT2D eigenvalue weighted by atomic mass is 10.1. The number of nitrogens with zero attached hydrogens (tertiary/aromatic N) is 2. The summed E-state index contributed by atoms with van der Waals surface area (Å²) >= 11 is 0. The van der Waals surface area contributed by atoms with E-state index in [1.807, 2.05) is 0 Å². The van der Waals surface area contributed by atoms with Crippen LogP contribution in [0.15, 0.2) is 17.0 Å². The zero-order chi connectivity index (χ0) is 15.9. The number of non-ortho nitro benzene ring substituents is 1. The third-order valence-electron chi connectivity index (χ3n) is 4.16. The molecule has 0 aliphatic carbocycles. The van der Waals surface area contributed by atoms with Gasteiger partial charge < -0.3 is 5.73 Å². The molecule has 1 fully saturated rings. The fourth-order valence-electron chi connectivity index (χ4n) is 2.58. The highest BCUT2D eigenvalue weighted by Gasteiger charge is 2.38. The van der Waals surface area contributed by atoms with E-state index in [4.69, 9.17) is 5.73 Å². The van der Waals surface area contributed by atoms with Crippen LogP contribution in [0.4, 0.5) is 5.69 Å². The van der Waals surface area contributed by atoms with Gasteiger partial charge in [0.25, 0.3) is 5.69 Å². The minimum atomic E-state index is -3.78. The third-order valence-corrected chi connectivity index (χ3v) is 6.27. The molecule has 1 aliphatic rings. The van der Waals surface area contributed by atoms with Gasteiger partial charge in [-0.05, 0) is 38.3 Å². The molecule has 0 aromatic heterocycles. The molecule has 2 atom stereocenters. The number of nitro groups is 1. The van der Waals surface area contributed by atoms with Gasteiger partial charge in [0.05, 0.1) is 9.82 Å². The molecule has 2 rings (SSSR count). The Morgan fingerprint density at radius 1 is 1.38 bits per heavy atom.